The average molecular weight is 328 g/mol. The zero-order valence-electron chi connectivity index (χ0n) is 13.4. The van der Waals surface area contributed by atoms with Gasteiger partial charge in [-0.1, -0.05) is 0 Å². The number of pyridine rings is 1. The number of hydrogen-bond donors (Lipinski definition) is 2. The second-order valence-corrected chi connectivity index (χ2v) is 5.96. The maximum absolute atomic E-state index is 12.0. The van der Waals surface area contributed by atoms with E-state index in [4.69, 9.17) is 9.47 Å². The first-order chi connectivity index (χ1) is 11.2. The van der Waals surface area contributed by atoms with E-state index in [0.29, 0.717) is 16.6 Å². The number of benzene rings is 1. The number of nitrogens with one attached hydrogen (secondary N) is 2. The van der Waals surface area contributed by atoms with E-state index in [1.165, 1.54) is 26.1 Å². The molecule has 2 aromatic rings. The first-order valence-electron chi connectivity index (χ1n) is 7.32. The fourth-order valence-corrected chi connectivity index (χ4v) is 2.40. The molecule has 0 unspecified atom stereocenters. The van der Waals surface area contributed by atoms with Crippen LogP contribution in [0.25, 0.3) is 10.9 Å². The number of cyclic esters (lactones) is 2. The molecule has 0 radical (unpaired) electrons. The number of aryl methyl sites for hydroxylation is 1. The lowest BCUT2D eigenvalue weighted by Gasteiger charge is -2.29. The Morgan fingerprint density at radius 1 is 1.08 bits per heavy atom. The maximum Gasteiger partial charge on any atom is 0.350 e. The number of ether oxygens (including phenoxy) is 2. The molecule has 1 aliphatic rings. The van der Waals surface area contributed by atoms with Crippen molar-refractivity contribution in [3.05, 3.63) is 52.0 Å². The molecule has 7 heteroatoms. The fraction of sp³-hybridized carbons (Fsp3) is 0.235. The minimum atomic E-state index is -1.28. The molecule has 24 heavy (non-hydrogen) atoms. The number of hydrogen-bond acceptors (Lipinski definition) is 6. The summed E-state index contributed by atoms with van der Waals surface area (Å²) in [4.78, 5) is 38.8. The minimum Gasteiger partial charge on any atom is -0.419 e. The summed E-state index contributed by atoms with van der Waals surface area (Å²) in [6, 6.07) is 6.60. The van der Waals surface area contributed by atoms with Gasteiger partial charge in [-0.3, -0.25) is 4.79 Å². The average Bonchev–Trinajstić information content (AvgIpc) is 2.45. The van der Waals surface area contributed by atoms with E-state index in [0.717, 1.165) is 5.69 Å². The van der Waals surface area contributed by atoms with E-state index >= 15 is 0 Å². The summed E-state index contributed by atoms with van der Waals surface area (Å²) in [5.74, 6) is -2.81. The Morgan fingerprint density at radius 2 is 1.75 bits per heavy atom. The van der Waals surface area contributed by atoms with Crippen LogP contribution in [0.3, 0.4) is 0 Å². The third kappa shape index (κ3) is 3.01. The van der Waals surface area contributed by atoms with Crippen molar-refractivity contribution in [1.82, 2.24) is 4.98 Å². The molecule has 0 aliphatic carbocycles. The number of aromatic amines is 1. The Morgan fingerprint density at radius 3 is 2.42 bits per heavy atom. The molecule has 0 amide bonds. The first-order valence-corrected chi connectivity index (χ1v) is 7.32. The molecule has 2 heterocycles. The van der Waals surface area contributed by atoms with Crippen LogP contribution >= 0.6 is 0 Å². The molecule has 7 nitrogen and oxygen atoms in total. The van der Waals surface area contributed by atoms with Crippen LogP contribution in [0.1, 0.15) is 19.5 Å². The molecule has 0 spiro atoms. The van der Waals surface area contributed by atoms with Crippen molar-refractivity contribution in [2.75, 3.05) is 5.32 Å². The van der Waals surface area contributed by atoms with Crippen molar-refractivity contribution in [2.45, 2.75) is 26.6 Å². The van der Waals surface area contributed by atoms with Gasteiger partial charge in [0.05, 0.1) is 0 Å². The minimum absolute atomic E-state index is 0.115. The number of aromatic nitrogens is 1. The van der Waals surface area contributed by atoms with Gasteiger partial charge in [0.2, 0.25) is 0 Å². The van der Waals surface area contributed by atoms with Gasteiger partial charge in [0.15, 0.2) is 11.0 Å². The standard InChI is InChI=1S/C17H16N2O5/c1-9-6-14(20)11-7-10(4-5-13(11)19-9)18-8-12-15(21)23-17(2,3)24-16(12)22/h4-8,18H,1-3H3,(H,19,20). The van der Waals surface area contributed by atoms with Crippen LogP contribution in [-0.4, -0.2) is 22.7 Å². The van der Waals surface area contributed by atoms with E-state index in [1.54, 1.807) is 25.1 Å². The molecule has 0 atom stereocenters. The lowest BCUT2D eigenvalue weighted by Crippen LogP contribution is -2.42. The van der Waals surface area contributed by atoms with Crippen LogP contribution in [-0.2, 0) is 19.1 Å². The molecule has 0 saturated carbocycles. The molecule has 3 rings (SSSR count). The van der Waals surface area contributed by atoms with Crippen molar-refractivity contribution in [3.8, 4) is 0 Å². The van der Waals surface area contributed by atoms with Crippen LogP contribution in [0, 0.1) is 6.92 Å². The molecule has 1 aromatic heterocycles. The quantitative estimate of drug-likeness (QED) is 0.497. The van der Waals surface area contributed by atoms with Crippen LogP contribution < -0.4 is 10.7 Å². The Bertz CT molecular complexity index is 918. The van der Waals surface area contributed by atoms with Crippen molar-refractivity contribution in [1.29, 1.82) is 0 Å². The van der Waals surface area contributed by atoms with Gasteiger partial charge >= 0.3 is 11.9 Å². The van der Waals surface area contributed by atoms with Gasteiger partial charge in [0.1, 0.15) is 0 Å². The number of carbonyl (C=O) groups excluding carboxylic acids is 2. The van der Waals surface area contributed by atoms with Gasteiger partial charge < -0.3 is 19.8 Å². The lowest BCUT2D eigenvalue weighted by molar-refractivity contribution is -0.222. The van der Waals surface area contributed by atoms with Gasteiger partial charge in [-0.15, -0.1) is 0 Å². The van der Waals surface area contributed by atoms with Gasteiger partial charge in [-0.25, -0.2) is 9.59 Å². The van der Waals surface area contributed by atoms with Gasteiger partial charge in [0.25, 0.3) is 5.79 Å². The zero-order chi connectivity index (χ0) is 17.5. The molecule has 2 N–H and O–H groups in total. The van der Waals surface area contributed by atoms with Crippen LogP contribution in [0.15, 0.2) is 40.8 Å². The zero-order valence-corrected chi connectivity index (χ0v) is 13.4. The highest BCUT2D eigenvalue weighted by Crippen LogP contribution is 2.23. The number of esters is 2. The molecule has 1 aromatic carbocycles. The van der Waals surface area contributed by atoms with Gasteiger partial charge in [-0.2, -0.15) is 0 Å². The predicted molar refractivity (Wildman–Crippen MR) is 87.3 cm³/mol. The second-order valence-electron chi connectivity index (χ2n) is 5.96. The smallest absolute Gasteiger partial charge is 0.350 e. The SMILES string of the molecule is Cc1cc(=O)c2cc(NC=C3C(=O)OC(C)(C)OC3=O)ccc2[nH]1. The molecule has 124 valence electrons. The molecular weight excluding hydrogens is 312 g/mol. The van der Waals surface area contributed by atoms with E-state index in [1.807, 2.05) is 0 Å². The van der Waals surface area contributed by atoms with Crippen molar-refractivity contribution >= 4 is 28.5 Å². The highest BCUT2D eigenvalue weighted by molar-refractivity contribution is 6.15. The fourth-order valence-electron chi connectivity index (χ4n) is 2.40. The third-order valence-corrected chi connectivity index (χ3v) is 3.46. The maximum atomic E-state index is 12.0. The largest absolute Gasteiger partial charge is 0.419 e. The summed E-state index contributed by atoms with van der Waals surface area (Å²) in [6.45, 7) is 4.76. The van der Waals surface area contributed by atoms with Crippen LogP contribution in [0.2, 0.25) is 0 Å². The molecule has 0 bridgehead atoms. The normalized spacial score (nSPS) is 16.5. The third-order valence-electron chi connectivity index (χ3n) is 3.46. The van der Waals surface area contributed by atoms with Gasteiger partial charge in [0, 0.05) is 48.4 Å². The number of rotatable bonds is 2. The van der Waals surface area contributed by atoms with Crippen molar-refractivity contribution in [3.63, 3.8) is 0 Å². The molecule has 1 fully saturated rings. The summed E-state index contributed by atoms with van der Waals surface area (Å²) < 4.78 is 10.0. The van der Waals surface area contributed by atoms with Crippen molar-refractivity contribution < 1.29 is 19.1 Å². The van der Waals surface area contributed by atoms with Gasteiger partial charge in [-0.05, 0) is 25.1 Å². The Hall–Kier alpha value is -3.09. The van der Waals surface area contributed by atoms with Crippen molar-refractivity contribution in [2.24, 2.45) is 0 Å². The van der Waals surface area contributed by atoms with E-state index in [9.17, 15) is 14.4 Å². The number of carbonyl (C=O) groups is 2. The number of anilines is 1. The Balaban J connectivity index is 1.89. The summed E-state index contributed by atoms with van der Waals surface area (Å²) in [5, 5.41) is 3.32. The van der Waals surface area contributed by atoms with Crippen LogP contribution in [0.5, 0.6) is 0 Å². The van der Waals surface area contributed by atoms with E-state index in [-0.39, 0.29) is 11.0 Å². The summed E-state index contributed by atoms with van der Waals surface area (Å²) in [7, 11) is 0. The highest BCUT2D eigenvalue weighted by Gasteiger charge is 2.38. The molecule has 1 saturated heterocycles. The topological polar surface area (TPSA) is 97.5 Å². The molecular formula is C17H16N2O5. The predicted octanol–water partition coefficient (Wildman–Crippen LogP) is 1.97. The summed E-state index contributed by atoms with van der Waals surface area (Å²) >= 11 is 0. The highest BCUT2D eigenvalue weighted by atomic mass is 16.7. The Kier molecular flexibility index (Phi) is 3.63. The summed E-state index contributed by atoms with van der Waals surface area (Å²) in [6.07, 6.45) is 1.21. The number of fused-ring (bicyclic) bond motifs is 1. The van der Waals surface area contributed by atoms with Crippen LogP contribution in [0.4, 0.5) is 5.69 Å². The summed E-state index contributed by atoms with van der Waals surface area (Å²) in [5.41, 5.74) is 1.67. The van der Waals surface area contributed by atoms with E-state index < -0.39 is 17.7 Å². The Labute approximate surface area is 137 Å². The second kappa shape index (κ2) is 5.52. The monoisotopic (exact) mass is 328 g/mol. The number of H-pyrrole nitrogens is 1. The molecule has 1 aliphatic heterocycles. The lowest BCUT2D eigenvalue weighted by atomic mass is 10.1. The first kappa shape index (κ1) is 15.8. The van der Waals surface area contributed by atoms with E-state index in [2.05, 4.69) is 10.3 Å².